The van der Waals surface area contributed by atoms with Crippen LogP contribution in [0.4, 0.5) is 4.39 Å². The molecule has 0 fully saturated rings. The first-order chi connectivity index (χ1) is 9.63. The van der Waals surface area contributed by atoms with Crippen molar-refractivity contribution in [2.24, 2.45) is 0 Å². The molecule has 1 unspecified atom stereocenters. The van der Waals surface area contributed by atoms with E-state index in [4.69, 9.17) is 0 Å². The Hall–Kier alpha value is -1.20. The van der Waals surface area contributed by atoms with E-state index in [1.807, 2.05) is 17.1 Å². The molecule has 2 aromatic rings. The molecule has 3 nitrogen and oxygen atoms in total. The number of likely N-dealkylation sites (N-methyl/N-ethyl adjacent to an activating group) is 1. The predicted molar refractivity (Wildman–Crippen MR) is 82.1 cm³/mol. The highest BCUT2D eigenvalue weighted by Crippen LogP contribution is 2.27. The molecule has 0 radical (unpaired) electrons. The number of halogens is 2. The van der Waals surface area contributed by atoms with Gasteiger partial charge >= 0.3 is 0 Å². The topological polar surface area (TPSA) is 29.9 Å². The first-order valence-corrected chi connectivity index (χ1v) is 7.63. The highest BCUT2D eigenvalue weighted by Gasteiger charge is 2.16. The Bertz CT molecular complexity index is 568. The zero-order chi connectivity index (χ0) is 14.5. The van der Waals surface area contributed by atoms with Gasteiger partial charge in [0.25, 0.3) is 0 Å². The van der Waals surface area contributed by atoms with Crippen molar-refractivity contribution in [3.05, 3.63) is 52.0 Å². The SMILES string of the molecule is CCNC(Cc1cnn(CC)c1)c1cc(F)ccc1Br. The zero-order valence-electron chi connectivity index (χ0n) is 11.7. The maximum Gasteiger partial charge on any atom is 0.123 e. The summed E-state index contributed by atoms with van der Waals surface area (Å²) < 4.78 is 16.3. The van der Waals surface area contributed by atoms with Gasteiger partial charge in [-0.15, -0.1) is 0 Å². The van der Waals surface area contributed by atoms with E-state index in [9.17, 15) is 4.39 Å². The largest absolute Gasteiger partial charge is 0.310 e. The Labute approximate surface area is 127 Å². The monoisotopic (exact) mass is 339 g/mol. The average molecular weight is 340 g/mol. The third kappa shape index (κ3) is 3.67. The smallest absolute Gasteiger partial charge is 0.123 e. The van der Waals surface area contributed by atoms with Crippen LogP contribution in [0, 0.1) is 5.82 Å². The fourth-order valence-electron chi connectivity index (χ4n) is 2.24. The van der Waals surface area contributed by atoms with Gasteiger partial charge in [0.1, 0.15) is 5.82 Å². The third-order valence-corrected chi connectivity index (χ3v) is 3.96. The summed E-state index contributed by atoms with van der Waals surface area (Å²) in [4.78, 5) is 0. The number of hydrogen-bond donors (Lipinski definition) is 1. The van der Waals surface area contributed by atoms with E-state index in [0.717, 1.165) is 35.1 Å². The summed E-state index contributed by atoms with van der Waals surface area (Å²) in [5.74, 6) is -0.213. The lowest BCUT2D eigenvalue weighted by Crippen LogP contribution is -2.23. The van der Waals surface area contributed by atoms with Crippen LogP contribution >= 0.6 is 15.9 Å². The standard InChI is InChI=1S/C15H19BrFN3/c1-3-18-15(7-11-9-19-20(4-2)10-11)13-8-12(17)5-6-14(13)16/h5-6,8-10,15,18H,3-4,7H2,1-2H3. The van der Waals surface area contributed by atoms with E-state index in [1.165, 1.54) is 6.07 Å². The Morgan fingerprint density at radius 2 is 2.20 bits per heavy atom. The molecule has 0 aliphatic rings. The second-order valence-corrected chi connectivity index (χ2v) is 5.54. The molecule has 0 spiro atoms. The molecule has 0 saturated carbocycles. The maximum absolute atomic E-state index is 13.5. The van der Waals surface area contributed by atoms with Crippen molar-refractivity contribution in [1.82, 2.24) is 15.1 Å². The molecule has 2 rings (SSSR count). The van der Waals surface area contributed by atoms with Crippen LogP contribution in [0.15, 0.2) is 35.1 Å². The number of aryl methyl sites for hydroxylation is 1. The van der Waals surface area contributed by atoms with E-state index in [-0.39, 0.29) is 11.9 Å². The number of benzene rings is 1. The van der Waals surface area contributed by atoms with Gasteiger partial charge in [0.2, 0.25) is 0 Å². The van der Waals surface area contributed by atoms with Crippen LogP contribution in [-0.4, -0.2) is 16.3 Å². The Morgan fingerprint density at radius 1 is 1.40 bits per heavy atom. The van der Waals surface area contributed by atoms with Gasteiger partial charge in [-0.2, -0.15) is 5.10 Å². The van der Waals surface area contributed by atoms with Gasteiger partial charge in [0, 0.05) is 23.3 Å². The van der Waals surface area contributed by atoms with Crippen molar-refractivity contribution in [3.63, 3.8) is 0 Å². The van der Waals surface area contributed by atoms with Gasteiger partial charge in [0.05, 0.1) is 6.20 Å². The first kappa shape index (κ1) is 15.2. The zero-order valence-corrected chi connectivity index (χ0v) is 13.3. The van der Waals surface area contributed by atoms with E-state index in [1.54, 1.807) is 12.1 Å². The predicted octanol–water partition coefficient (Wildman–Crippen LogP) is 3.70. The lowest BCUT2D eigenvalue weighted by molar-refractivity contribution is 0.540. The minimum atomic E-state index is -0.213. The molecule has 20 heavy (non-hydrogen) atoms. The molecular formula is C15H19BrFN3. The molecule has 1 N–H and O–H groups in total. The molecule has 0 aliphatic heterocycles. The van der Waals surface area contributed by atoms with Crippen molar-refractivity contribution in [2.45, 2.75) is 32.9 Å². The highest BCUT2D eigenvalue weighted by atomic mass is 79.9. The third-order valence-electron chi connectivity index (χ3n) is 3.23. The molecule has 0 bridgehead atoms. The number of nitrogens with zero attached hydrogens (tertiary/aromatic N) is 2. The lowest BCUT2D eigenvalue weighted by atomic mass is 10.0. The van der Waals surface area contributed by atoms with Crippen molar-refractivity contribution < 1.29 is 4.39 Å². The van der Waals surface area contributed by atoms with Crippen molar-refractivity contribution in [1.29, 1.82) is 0 Å². The van der Waals surface area contributed by atoms with Gasteiger partial charge in [0.15, 0.2) is 0 Å². The number of aromatic nitrogens is 2. The van der Waals surface area contributed by atoms with Gasteiger partial charge < -0.3 is 5.32 Å². The normalized spacial score (nSPS) is 12.6. The molecule has 1 heterocycles. The molecule has 1 aromatic heterocycles. The van der Waals surface area contributed by atoms with Gasteiger partial charge in [-0.1, -0.05) is 22.9 Å². The number of rotatable bonds is 6. The minimum absolute atomic E-state index is 0.0691. The van der Waals surface area contributed by atoms with Crippen LogP contribution in [0.1, 0.15) is 31.0 Å². The van der Waals surface area contributed by atoms with Crippen LogP contribution < -0.4 is 5.32 Å². The summed E-state index contributed by atoms with van der Waals surface area (Å²) in [6.07, 6.45) is 4.70. The van der Waals surface area contributed by atoms with Crippen LogP contribution in [0.25, 0.3) is 0 Å². The first-order valence-electron chi connectivity index (χ1n) is 6.83. The fourth-order valence-corrected chi connectivity index (χ4v) is 2.76. The molecule has 0 aliphatic carbocycles. The fraction of sp³-hybridized carbons (Fsp3) is 0.400. The van der Waals surface area contributed by atoms with Crippen molar-refractivity contribution >= 4 is 15.9 Å². The van der Waals surface area contributed by atoms with Crippen LogP contribution in [0.3, 0.4) is 0 Å². The highest BCUT2D eigenvalue weighted by molar-refractivity contribution is 9.10. The van der Waals surface area contributed by atoms with Gasteiger partial charge in [-0.3, -0.25) is 4.68 Å². The van der Waals surface area contributed by atoms with Crippen molar-refractivity contribution in [2.75, 3.05) is 6.54 Å². The second kappa shape index (κ2) is 6.99. The van der Waals surface area contributed by atoms with E-state index in [2.05, 4.69) is 40.2 Å². The average Bonchev–Trinajstić information content (AvgIpc) is 2.89. The maximum atomic E-state index is 13.5. The molecule has 1 atom stereocenters. The van der Waals surface area contributed by atoms with Crippen molar-refractivity contribution in [3.8, 4) is 0 Å². The van der Waals surface area contributed by atoms with Crippen LogP contribution in [-0.2, 0) is 13.0 Å². The molecule has 1 aromatic carbocycles. The quantitative estimate of drug-likeness (QED) is 0.869. The summed E-state index contributed by atoms with van der Waals surface area (Å²) in [6.45, 7) is 5.79. The summed E-state index contributed by atoms with van der Waals surface area (Å²) >= 11 is 3.51. The summed E-state index contributed by atoms with van der Waals surface area (Å²) in [5, 5.41) is 7.69. The van der Waals surface area contributed by atoms with Gasteiger partial charge in [-0.05, 0) is 49.2 Å². The van der Waals surface area contributed by atoms with E-state index in [0.29, 0.717) is 0 Å². The van der Waals surface area contributed by atoms with E-state index < -0.39 is 0 Å². The summed E-state index contributed by atoms with van der Waals surface area (Å²) in [7, 11) is 0. The molecule has 5 heteroatoms. The summed E-state index contributed by atoms with van der Waals surface area (Å²) in [5.41, 5.74) is 2.09. The number of nitrogens with one attached hydrogen (secondary N) is 1. The van der Waals surface area contributed by atoms with Gasteiger partial charge in [-0.25, -0.2) is 4.39 Å². The Morgan fingerprint density at radius 3 is 2.85 bits per heavy atom. The molecule has 108 valence electrons. The van der Waals surface area contributed by atoms with Crippen LogP contribution in [0.5, 0.6) is 0 Å². The molecule has 0 amide bonds. The molecular weight excluding hydrogens is 321 g/mol. The lowest BCUT2D eigenvalue weighted by Gasteiger charge is -2.19. The molecule has 0 saturated heterocycles. The van der Waals surface area contributed by atoms with Crippen LogP contribution in [0.2, 0.25) is 0 Å². The Kier molecular flexibility index (Phi) is 5.31. The summed E-state index contributed by atoms with van der Waals surface area (Å²) in [6, 6.07) is 4.87. The second-order valence-electron chi connectivity index (χ2n) is 4.68. The van der Waals surface area contributed by atoms with E-state index >= 15 is 0 Å². The Balaban J connectivity index is 2.23. The number of hydrogen-bond acceptors (Lipinski definition) is 2. The minimum Gasteiger partial charge on any atom is -0.310 e.